The zero-order valence-corrected chi connectivity index (χ0v) is 22.5. The number of hydrogen-bond acceptors (Lipinski definition) is 7. The lowest BCUT2D eigenvalue weighted by molar-refractivity contribution is -0.139. The van der Waals surface area contributed by atoms with Crippen molar-refractivity contribution in [2.75, 3.05) is 33.4 Å². The van der Waals surface area contributed by atoms with E-state index in [1.807, 2.05) is 30.9 Å². The minimum Gasteiger partial charge on any atom is -0.493 e. The number of para-hydroxylation sites is 1. The van der Waals surface area contributed by atoms with Crippen molar-refractivity contribution in [2.24, 2.45) is 5.92 Å². The summed E-state index contributed by atoms with van der Waals surface area (Å²) in [7, 11) is 1.66. The van der Waals surface area contributed by atoms with Crippen LogP contribution in [0.15, 0.2) is 24.3 Å². The van der Waals surface area contributed by atoms with Gasteiger partial charge in [-0.05, 0) is 58.2 Å². The summed E-state index contributed by atoms with van der Waals surface area (Å²) in [4.78, 5) is 33.6. The number of esters is 1. The van der Waals surface area contributed by atoms with Crippen molar-refractivity contribution >= 4 is 22.8 Å². The normalized spacial score (nSPS) is 18.6. The Kier molecular flexibility index (Phi) is 9.75. The van der Waals surface area contributed by atoms with E-state index in [-0.39, 0.29) is 29.9 Å². The fraction of sp³-hybridized carbons (Fsp3) is 0.621. The fourth-order valence-electron chi connectivity index (χ4n) is 5.44. The molecule has 1 amide bonds. The van der Waals surface area contributed by atoms with Crippen molar-refractivity contribution in [1.82, 2.24) is 15.2 Å². The van der Waals surface area contributed by atoms with E-state index < -0.39 is 0 Å². The number of rotatable bonds is 10. The van der Waals surface area contributed by atoms with Crippen molar-refractivity contribution in [3.8, 4) is 11.5 Å². The topological polar surface area (TPSA) is 90.0 Å². The van der Waals surface area contributed by atoms with Gasteiger partial charge in [-0.1, -0.05) is 25.3 Å². The van der Waals surface area contributed by atoms with Crippen molar-refractivity contribution in [3.63, 3.8) is 0 Å². The number of fused-ring (bicyclic) bond motifs is 1. The molecule has 2 heterocycles. The number of carbonyl (C=O) groups is 2. The van der Waals surface area contributed by atoms with E-state index in [2.05, 4.69) is 5.32 Å². The molecule has 2 aromatic rings. The van der Waals surface area contributed by atoms with Crippen LogP contribution in [0.4, 0.5) is 0 Å². The van der Waals surface area contributed by atoms with Crippen LogP contribution in [0.2, 0.25) is 0 Å². The molecule has 1 aliphatic heterocycles. The molecule has 2 fully saturated rings. The van der Waals surface area contributed by atoms with E-state index in [0.29, 0.717) is 42.3 Å². The Morgan fingerprint density at radius 3 is 2.59 bits per heavy atom. The van der Waals surface area contributed by atoms with Crippen LogP contribution in [0.25, 0.3) is 10.9 Å². The number of benzene rings is 1. The van der Waals surface area contributed by atoms with E-state index in [1.165, 1.54) is 0 Å². The number of pyridine rings is 1. The molecule has 1 aliphatic carbocycles. The maximum Gasteiger partial charge on any atom is 0.314 e. The number of hydrogen-bond donors (Lipinski definition) is 1. The van der Waals surface area contributed by atoms with Crippen LogP contribution in [-0.4, -0.2) is 67.3 Å². The van der Waals surface area contributed by atoms with Crippen molar-refractivity contribution in [1.29, 1.82) is 0 Å². The molecule has 8 heteroatoms. The van der Waals surface area contributed by atoms with Gasteiger partial charge in [-0.15, -0.1) is 0 Å². The Labute approximate surface area is 220 Å². The van der Waals surface area contributed by atoms with Crippen LogP contribution in [0.5, 0.6) is 11.5 Å². The van der Waals surface area contributed by atoms with Crippen molar-refractivity contribution < 1.29 is 23.8 Å². The van der Waals surface area contributed by atoms with Gasteiger partial charge in [0.2, 0.25) is 0 Å². The van der Waals surface area contributed by atoms with E-state index in [9.17, 15) is 9.59 Å². The summed E-state index contributed by atoms with van der Waals surface area (Å²) in [5, 5.41) is 4.13. The van der Waals surface area contributed by atoms with Gasteiger partial charge in [0, 0.05) is 50.2 Å². The first-order valence-electron chi connectivity index (χ1n) is 13.8. The summed E-state index contributed by atoms with van der Waals surface area (Å²) in [5.41, 5.74) is 0.777. The Hall–Kier alpha value is -2.71. The predicted octanol–water partition coefficient (Wildman–Crippen LogP) is 4.74. The third-order valence-corrected chi connectivity index (χ3v) is 7.34. The number of nitrogens with zero attached hydrogens (tertiary/aromatic N) is 2. The van der Waals surface area contributed by atoms with Crippen LogP contribution >= 0.6 is 0 Å². The average Bonchev–Trinajstić information content (AvgIpc) is 2.92. The van der Waals surface area contributed by atoms with Crippen LogP contribution in [0.1, 0.15) is 75.7 Å². The summed E-state index contributed by atoms with van der Waals surface area (Å²) in [6, 6.07) is 7.33. The van der Waals surface area contributed by atoms with Crippen LogP contribution in [-0.2, 0) is 9.53 Å². The van der Waals surface area contributed by atoms with Gasteiger partial charge >= 0.3 is 5.97 Å². The number of ether oxygens (including phenoxy) is 3. The maximum absolute atomic E-state index is 13.9. The Balaban J connectivity index is 1.70. The SMILES string of the molecule is COCCCOc1cc(C(=O)N(C(C)C)[C@@H]2CCCNC2)nc2c(OC(=O)C3CCCCC3)cccc12. The second-order valence-electron chi connectivity index (χ2n) is 10.4. The summed E-state index contributed by atoms with van der Waals surface area (Å²) >= 11 is 0. The standard InChI is InChI=1S/C29H41N3O5/c1-20(2)32(22-12-8-15-30-19-22)28(33)24-18-26(36-17-9-16-35-3)23-13-7-14-25(27(23)31-24)37-29(34)21-10-5-4-6-11-21/h7,13-14,18,20-22,30H,4-6,8-12,15-17,19H2,1-3H3/t22-/m1/s1. The van der Waals surface area contributed by atoms with E-state index in [0.717, 1.165) is 63.4 Å². The Morgan fingerprint density at radius 1 is 1.08 bits per heavy atom. The number of piperidine rings is 1. The van der Waals surface area contributed by atoms with Gasteiger partial charge in [-0.3, -0.25) is 9.59 Å². The maximum atomic E-state index is 13.9. The highest BCUT2D eigenvalue weighted by atomic mass is 16.5. The highest BCUT2D eigenvalue weighted by molar-refractivity contribution is 5.99. The van der Waals surface area contributed by atoms with Crippen molar-refractivity contribution in [2.45, 2.75) is 77.3 Å². The van der Waals surface area contributed by atoms with E-state index in [1.54, 1.807) is 19.2 Å². The number of aromatic nitrogens is 1. The molecule has 8 nitrogen and oxygen atoms in total. The third kappa shape index (κ3) is 6.79. The molecule has 37 heavy (non-hydrogen) atoms. The van der Waals surface area contributed by atoms with Crippen molar-refractivity contribution in [3.05, 3.63) is 30.0 Å². The monoisotopic (exact) mass is 511 g/mol. The first-order chi connectivity index (χ1) is 18.0. The molecule has 0 bridgehead atoms. The number of nitrogens with one attached hydrogen (secondary N) is 1. The second kappa shape index (κ2) is 13.2. The predicted molar refractivity (Wildman–Crippen MR) is 143 cm³/mol. The van der Waals surface area contributed by atoms with Gasteiger partial charge in [-0.2, -0.15) is 0 Å². The number of carbonyl (C=O) groups excluding carboxylic acids is 2. The summed E-state index contributed by atoms with van der Waals surface area (Å²) in [6.07, 6.45) is 7.67. The molecular weight excluding hydrogens is 470 g/mol. The highest BCUT2D eigenvalue weighted by Gasteiger charge is 2.30. The van der Waals surface area contributed by atoms with Crippen LogP contribution in [0.3, 0.4) is 0 Å². The highest BCUT2D eigenvalue weighted by Crippen LogP contribution is 2.34. The summed E-state index contributed by atoms with van der Waals surface area (Å²) in [6.45, 7) is 6.82. The molecule has 2 aliphatic rings. The summed E-state index contributed by atoms with van der Waals surface area (Å²) < 4.78 is 17.2. The van der Waals surface area contributed by atoms with Gasteiger partial charge < -0.3 is 24.4 Å². The molecule has 1 atom stereocenters. The molecule has 1 saturated heterocycles. The zero-order valence-electron chi connectivity index (χ0n) is 22.5. The quantitative estimate of drug-likeness (QED) is 0.280. The molecular formula is C29H41N3O5. The average molecular weight is 512 g/mol. The zero-order chi connectivity index (χ0) is 26.2. The van der Waals surface area contributed by atoms with Gasteiger partial charge in [-0.25, -0.2) is 4.98 Å². The molecule has 0 unspecified atom stereocenters. The molecule has 0 spiro atoms. The van der Waals surface area contributed by atoms with Gasteiger partial charge in [0.15, 0.2) is 5.75 Å². The molecule has 1 N–H and O–H groups in total. The molecule has 202 valence electrons. The lowest BCUT2D eigenvalue weighted by Gasteiger charge is -2.37. The Morgan fingerprint density at radius 2 is 1.89 bits per heavy atom. The molecule has 0 radical (unpaired) electrons. The molecule has 1 aromatic carbocycles. The minimum atomic E-state index is -0.217. The first kappa shape index (κ1) is 27.3. The molecule has 1 aromatic heterocycles. The van der Waals surface area contributed by atoms with Gasteiger partial charge in [0.1, 0.15) is 17.0 Å². The summed E-state index contributed by atoms with van der Waals surface area (Å²) in [5.74, 6) is 0.491. The van der Waals surface area contributed by atoms with Crippen LogP contribution in [0, 0.1) is 5.92 Å². The lowest BCUT2D eigenvalue weighted by Crippen LogP contribution is -2.51. The number of amides is 1. The van der Waals surface area contributed by atoms with Crippen LogP contribution < -0.4 is 14.8 Å². The van der Waals surface area contributed by atoms with Gasteiger partial charge in [0.05, 0.1) is 12.5 Å². The van der Waals surface area contributed by atoms with Gasteiger partial charge in [0.25, 0.3) is 5.91 Å². The lowest BCUT2D eigenvalue weighted by atomic mass is 9.89. The second-order valence-corrected chi connectivity index (χ2v) is 10.4. The molecule has 4 rings (SSSR count). The smallest absolute Gasteiger partial charge is 0.314 e. The van der Waals surface area contributed by atoms with E-state index in [4.69, 9.17) is 19.2 Å². The number of methoxy groups -OCH3 is 1. The third-order valence-electron chi connectivity index (χ3n) is 7.34. The minimum absolute atomic E-state index is 0.0142. The fourth-order valence-corrected chi connectivity index (χ4v) is 5.44. The first-order valence-corrected chi connectivity index (χ1v) is 13.8. The van der Waals surface area contributed by atoms with E-state index >= 15 is 0 Å². The molecule has 1 saturated carbocycles. The largest absolute Gasteiger partial charge is 0.493 e. The Bertz CT molecular complexity index is 1060.